The maximum Gasteiger partial charge on any atom is 0.227 e. The molecule has 7 heteroatoms. The third kappa shape index (κ3) is 4.53. The minimum absolute atomic E-state index is 0.0680. The van der Waals surface area contributed by atoms with Gasteiger partial charge in [0.2, 0.25) is 17.7 Å². The van der Waals surface area contributed by atoms with Crippen LogP contribution >= 0.6 is 0 Å². The van der Waals surface area contributed by atoms with Crippen LogP contribution in [0.2, 0.25) is 0 Å². The van der Waals surface area contributed by atoms with Crippen LogP contribution < -0.4 is 10.1 Å². The van der Waals surface area contributed by atoms with Crippen molar-refractivity contribution in [1.29, 1.82) is 0 Å². The van der Waals surface area contributed by atoms with Crippen molar-refractivity contribution in [2.75, 3.05) is 0 Å². The fourth-order valence-electron chi connectivity index (χ4n) is 2.77. The van der Waals surface area contributed by atoms with Crippen LogP contribution in [0.1, 0.15) is 49.4 Å². The number of carbonyl (C=O) groups is 1. The first kappa shape index (κ1) is 16.4. The molecule has 0 aliphatic heterocycles. The second-order valence-corrected chi connectivity index (χ2v) is 6.00. The highest BCUT2D eigenvalue weighted by Gasteiger charge is 2.18. The molecule has 1 N–H and O–H groups in total. The minimum atomic E-state index is -0.0680. The van der Waals surface area contributed by atoms with Gasteiger partial charge in [-0.25, -0.2) is 4.98 Å². The number of rotatable bonds is 7. The van der Waals surface area contributed by atoms with E-state index in [1.807, 2.05) is 12.1 Å². The van der Waals surface area contributed by atoms with E-state index in [0.717, 1.165) is 18.4 Å². The molecule has 0 saturated heterocycles. The molecule has 24 heavy (non-hydrogen) atoms. The molecular formula is C17H22N4O3. The van der Waals surface area contributed by atoms with Crippen molar-refractivity contribution in [2.45, 2.75) is 58.1 Å². The number of aromatic nitrogens is 3. The average molecular weight is 330 g/mol. The molecule has 7 nitrogen and oxygen atoms in total. The van der Waals surface area contributed by atoms with Gasteiger partial charge < -0.3 is 14.6 Å². The molecule has 0 radical (unpaired) electrons. The summed E-state index contributed by atoms with van der Waals surface area (Å²) in [5.41, 5.74) is 0.895. The van der Waals surface area contributed by atoms with Crippen LogP contribution in [0, 0.1) is 6.92 Å². The number of hydrogen-bond acceptors (Lipinski definition) is 6. The molecule has 0 unspecified atom stereocenters. The highest BCUT2D eigenvalue weighted by molar-refractivity contribution is 5.76. The van der Waals surface area contributed by atoms with Gasteiger partial charge in [0, 0.05) is 31.1 Å². The molecule has 1 fully saturated rings. The Morgan fingerprint density at radius 3 is 3.00 bits per heavy atom. The van der Waals surface area contributed by atoms with Gasteiger partial charge in [-0.15, -0.1) is 0 Å². The Morgan fingerprint density at radius 2 is 2.25 bits per heavy atom. The zero-order valence-electron chi connectivity index (χ0n) is 13.8. The van der Waals surface area contributed by atoms with Crippen LogP contribution in [-0.2, 0) is 17.8 Å². The molecule has 1 aliphatic carbocycles. The number of nitrogens with one attached hydrogen (secondary N) is 1. The molecule has 0 bridgehead atoms. The van der Waals surface area contributed by atoms with Gasteiger partial charge in [-0.1, -0.05) is 11.2 Å². The Hall–Kier alpha value is -2.44. The van der Waals surface area contributed by atoms with Crippen LogP contribution in [0.3, 0.4) is 0 Å². The lowest BCUT2D eigenvalue weighted by atomic mass is 10.2. The van der Waals surface area contributed by atoms with Gasteiger partial charge in [-0.05, 0) is 38.7 Å². The summed E-state index contributed by atoms with van der Waals surface area (Å²) in [6.07, 6.45) is 7.27. The summed E-state index contributed by atoms with van der Waals surface area (Å²) in [6.45, 7) is 2.15. The van der Waals surface area contributed by atoms with E-state index < -0.39 is 0 Å². The van der Waals surface area contributed by atoms with Gasteiger partial charge in [0.15, 0.2) is 5.82 Å². The summed E-state index contributed by atoms with van der Waals surface area (Å²) >= 11 is 0. The van der Waals surface area contributed by atoms with E-state index >= 15 is 0 Å². The van der Waals surface area contributed by atoms with Crippen LogP contribution in [0.5, 0.6) is 5.88 Å². The Morgan fingerprint density at radius 1 is 1.42 bits per heavy atom. The van der Waals surface area contributed by atoms with Gasteiger partial charge in [0.1, 0.15) is 6.10 Å². The third-order valence-electron chi connectivity index (χ3n) is 4.04. The molecule has 2 heterocycles. The number of ether oxygens (including phenoxy) is 1. The maximum atomic E-state index is 12.0. The number of aryl methyl sites for hydroxylation is 2. The van der Waals surface area contributed by atoms with Crippen molar-refractivity contribution >= 4 is 5.91 Å². The summed E-state index contributed by atoms with van der Waals surface area (Å²) in [7, 11) is 0. The van der Waals surface area contributed by atoms with E-state index in [1.165, 1.54) is 12.8 Å². The number of amides is 1. The van der Waals surface area contributed by atoms with Crippen molar-refractivity contribution in [3.05, 3.63) is 35.6 Å². The predicted molar refractivity (Wildman–Crippen MR) is 86.3 cm³/mol. The Balaban J connectivity index is 1.49. The first-order chi connectivity index (χ1) is 11.7. The second kappa shape index (κ2) is 7.90. The van der Waals surface area contributed by atoms with E-state index in [1.54, 1.807) is 13.1 Å². The van der Waals surface area contributed by atoms with Crippen molar-refractivity contribution in [2.24, 2.45) is 0 Å². The third-order valence-corrected chi connectivity index (χ3v) is 4.04. The fourth-order valence-corrected chi connectivity index (χ4v) is 2.77. The first-order valence-electron chi connectivity index (χ1n) is 8.37. The molecule has 1 saturated carbocycles. The second-order valence-electron chi connectivity index (χ2n) is 6.00. The van der Waals surface area contributed by atoms with E-state index in [2.05, 4.69) is 20.4 Å². The summed E-state index contributed by atoms with van der Waals surface area (Å²) in [6, 6.07) is 3.78. The summed E-state index contributed by atoms with van der Waals surface area (Å²) in [5.74, 6) is 1.61. The Bertz CT molecular complexity index is 680. The van der Waals surface area contributed by atoms with E-state index in [4.69, 9.17) is 9.26 Å². The summed E-state index contributed by atoms with van der Waals surface area (Å²) in [5, 5.41) is 6.60. The highest BCUT2D eigenvalue weighted by atomic mass is 16.5. The summed E-state index contributed by atoms with van der Waals surface area (Å²) in [4.78, 5) is 20.4. The SMILES string of the molecule is Cc1noc(CCC(=O)NCc2cccnc2OC2CCCC2)n1. The molecular weight excluding hydrogens is 308 g/mol. The van der Waals surface area contributed by atoms with Gasteiger partial charge in [-0.2, -0.15) is 4.98 Å². The van der Waals surface area contributed by atoms with Crippen molar-refractivity contribution in [3.8, 4) is 5.88 Å². The lowest BCUT2D eigenvalue weighted by Gasteiger charge is -2.15. The standard InChI is InChI=1S/C17H22N4O3/c1-12-20-16(24-21-12)9-8-15(22)19-11-13-5-4-10-18-17(13)23-14-6-2-3-7-14/h4-5,10,14H,2-3,6-9,11H2,1H3,(H,19,22). The lowest BCUT2D eigenvalue weighted by molar-refractivity contribution is -0.121. The monoisotopic (exact) mass is 330 g/mol. The van der Waals surface area contributed by atoms with E-state index in [-0.39, 0.29) is 12.0 Å². The molecule has 2 aromatic heterocycles. The number of carbonyl (C=O) groups excluding carboxylic acids is 1. The number of hydrogen-bond donors (Lipinski definition) is 1. The molecule has 128 valence electrons. The van der Waals surface area contributed by atoms with Crippen LogP contribution in [0.4, 0.5) is 0 Å². The fraction of sp³-hybridized carbons (Fsp3) is 0.529. The quantitative estimate of drug-likeness (QED) is 0.838. The molecule has 2 aromatic rings. The lowest BCUT2D eigenvalue weighted by Crippen LogP contribution is -2.24. The van der Waals surface area contributed by atoms with Crippen molar-refractivity contribution < 1.29 is 14.1 Å². The molecule has 0 atom stereocenters. The number of nitrogens with zero attached hydrogens (tertiary/aromatic N) is 3. The maximum absolute atomic E-state index is 12.0. The smallest absolute Gasteiger partial charge is 0.227 e. The van der Waals surface area contributed by atoms with Crippen LogP contribution in [0.25, 0.3) is 0 Å². The molecule has 0 aromatic carbocycles. The van der Waals surface area contributed by atoms with Crippen LogP contribution in [-0.4, -0.2) is 27.1 Å². The molecule has 1 aliphatic rings. The largest absolute Gasteiger partial charge is 0.474 e. The first-order valence-corrected chi connectivity index (χ1v) is 8.37. The summed E-state index contributed by atoms with van der Waals surface area (Å²) < 4.78 is 11.0. The Labute approximate surface area is 140 Å². The predicted octanol–water partition coefficient (Wildman–Crippen LogP) is 2.34. The number of pyridine rings is 1. The topological polar surface area (TPSA) is 90.1 Å². The normalized spacial score (nSPS) is 14.7. The van der Waals surface area contributed by atoms with Gasteiger partial charge >= 0.3 is 0 Å². The average Bonchev–Trinajstić information content (AvgIpc) is 3.24. The zero-order chi connectivity index (χ0) is 16.8. The van der Waals surface area contributed by atoms with Gasteiger partial charge in [-0.3, -0.25) is 4.79 Å². The molecule has 1 amide bonds. The van der Waals surface area contributed by atoms with Gasteiger partial charge in [0.25, 0.3) is 0 Å². The zero-order valence-corrected chi connectivity index (χ0v) is 13.8. The Kier molecular flexibility index (Phi) is 5.40. The molecule has 3 rings (SSSR count). The van der Waals surface area contributed by atoms with Crippen LogP contribution in [0.15, 0.2) is 22.9 Å². The molecule has 0 spiro atoms. The van der Waals surface area contributed by atoms with Crippen molar-refractivity contribution in [1.82, 2.24) is 20.4 Å². The van der Waals surface area contributed by atoms with Gasteiger partial charge in [0.05, 0.1) is 0 Å². The van der Waals surface area contributed by atoms with E-state index in [9.17, 15) is 4.79 Å². The highest BCUT2D eigenvalue weighted by Crippen LogP contribution is 2.24. The van der Waals surface area contributed by atoms with Crippen molar-refractivity contribution in [3.63, 3.8) is 0 Å². The minimum Gasteiger partial charge on any atom is -0.474 e. The van der Waals surface area contributed by atoms with E-state index in [0.29, 0.717) is 37.0 Å².